The Labute approximate surface area is 211 Å². The number of urea groups is 1. The number of aromatic nitrogens is 1. The molecule has 194 valence electrons. The van der Waals surface area contributed by atoms with Crippen molar-refractivity contribution in [3.63, 3.8) is 0 Å². The quantitative estimate of drug-likeness (QED) is 0.634. The van der Waals surface area contributed by atoms with Gasteiger partial charge in [0.15, 0.2) is 0 Å². The molecule has 1 saturated carbocycles. The molecule has 0 radical (unpaired) electrons. The number of nitrogens with zero attached hydrogens (tertiary/aromatic N) is 3. The lowest BCUT2D eigenvalue weighted by Gasteiger charge is -2.37. The number of nitrogens with one attached hydrogen (secondary N) is 1. The van der Waals surface area contributed by atoms with Crippen molar-refractivity contribution in [2.45, 2.75) is 57.7 Å². The van der Waals surface area contributed by atoms with Crippen molar-refractivity contribution in [3.05, 3.63) is 47.9 Å². The monoisotopic (exact) mass is 498 g/mol. The van der Waals surface area contributed by atoms with Crippen LogP contribution in [0.1, 0.15) is 49.9 Å². The van der Waals surface area contributed by atoms with E-state index < -0.39 is 12.1 Å². The van der Waals surface area contributed by atoms with Crippen LogP contribution in [0.15, 0.2) is 36.5 Å². The maximum Gasteiger partial charge on any atom is 0.317 e. The molecule has 1 aromatic heterocycles. The van der Waals surface area contributed by atoms with Crippen molar-refractivity contribution < 1.29 is 23.8 Å². The van der Waals surface area contributed by atoms with E-state index in [2.05, 4.69) is 10.3 Å². The van der Waals surface area contributed by atoms with Crippen LogP contribution in [0.25, 0.3) is 11.1 Å². The SMILES string of the molecule is C[C@H](CO)N1C[C@H](C)[C@@H](CN(C)C(=O)NC2CCCC2)Oc2ncc(-c3ccc(F)cc3)cc2C1=O. The third-order valence-electron chi connectivity index (χ3n) is 7.18. The molecule has 8 nitrogen and oxygen atoms in total. The lowest BCUT2D eigenvalue weighted by molar-refractivity contribution is 0.0351. The van der Waals surface area contributed by atoms with Crippen molar-refractivity contribution in [1.29, 1.82) is 0 Å². The standard InChI is InChI=1S/C27H35FN4O4/c1-17-14-32(18(2)16-33)26(34)23-12-20(19-8-10-21(28)11-9-19)13-29-25(23)36-24(17)15-31(3)27(35)30-22-6-4-5-7-22/h8-13,17-18,22,24,33H,4-7,14-16H2,1-3H3,(H,30,35)/t17-,18+,24+/m0/s1. The van der Waals surface area contributed by atoms with E-state index in [-0.39, 0.29) is 47.8 Å². The van der Waals surface area contributed by atoms with Crippen LogP contribution in [-0.2, 0) is 0 Å². The van der Waals surface area contributed by atoms with Crippen molar-refractivity contribution in [2.75, 3.05) is 26.7 Å². The van der Waals surface area contributed by atoms with Crippen molar-refractivity contribution in [2.24, 2.45) is 5.92 Å². The van der Waals surface area contributed by atoms with Crippen LogP contribution in [0.4, 0.5) is 9.18 Å². The van der Waals surface area contributed by atoms with Gasteiger partial charge in [-0.05, 0) is 43.5 Å². The predicted octanol–water partition coefficient (Wildman–Crippen LogP) is 3.69. The van der Waals surface area contributed by atoms with Crippen LogP contribution >= 0.6 is 0 Å². The largest absolute Gasteiger partial charge is 0.472 e. The summed E-state index contributed by atoms with van der Waals surface area (Å²) in [6.45, 7) is 4.24. The molecule has 0 spiro atoms. The molecule has 0 bridgehead atoms. The highest BCUT2D eigenvalue weighted by Crippen LogP contribution is 2.30. The summed E-state index contributed by atoms with van der Waals surface area (Å²) in [7, 11) is 1.74. The zero-order valence-corrected chi connectivity index (χ0v) is 21.1. The Balaban J connectivity index is 1.62. The van der Waals surface area contributed by atoms with Gasteiger partial charge in [0.25, 0.3) is 5.91 Å². The molecular formula is C27H35FN4O4. The Morgan fingerprint density at radius 3 is 2.64 bits per heavy atom. The lowest BCUT2D eigenvalue weighted by atomic mass is 9.99. The molecule has 2 aromatic rings. The molecule has 9 heteroatoms. The van der Waals surface area contributed by atoms with E-state index in [1.165, 1.54) is 12.1 Å². The van der Waals surface area contributed by atoms with Gasteiger partial charge < -0.3 is 25.0 Å². The van der Waals surface area contributed by atoms with E-state index in [1.807, 2.05) is 6.92 Å². The average molecular weight is 499 g/mol. The molecule has 2 heterocycles. The second-order valence-corrected chi connectivity index (χ2v) is 10.0. The van der Waals surface area contributed by atoms with E-state index in [9.17, 15) is 19.1 Å². The Bertz CT molecular complexity index is 1070. The first-order valence-corrected chi connectivity index (χ1v) is 12.6. The summed E-state index contributed by atoms with van der Waals surface area (Å²) in [5.41, 5.74) is 1.64. The Morgan fingerprint density at radius 2 is 1.97 bits per heavy atom. The normalized spacial score (nSPS) is 21.2. The minimum absolute atomic E-state index is 0.128. The zero-order valence-electron chi connectivity index (χ0n) is 21.1. The first-order chi connectivity index (χ1) is 17.3. The van der Waals surface area contributed by atoms with Crippen LogP contribution in [0.2, 0.25) is 0 Å². The number of carbonyl (C=O) groups excluding carboxylic acids is 2. The number of ether oxygens (including phenoxy) is 1. The van der Waals surface area contributed by atoms with Gasteiger partial charge in [-0.2, -0.15) is 0 Å². The molecule has 1 aliphatic heterocycles. The highest BCUT2D eigenvalue weighted by atomic mass is 19.1. The van der Waals surface area contributed by atoms with Gasteiger partial charge in [-0.25, -0.2) is 14.2 Å². The average Bonchev–Trinajstić information content (AvgIpc) is 3.39. The Kier molecular flexibility index (Phi) is 8.08. The van der Waals surface area contributed by atoms with Gasteiger partial charge in [0.05, 0.1) is 19.2 Å². The fraction of sp³-hybridized carbons (Fsp3) is 0.519. The molecule has 1 aromatic carbocycles. The summed E-state index contributed by atoms with van der Waals surface area (Å²) in [5, 5.41) is 12.9. The molecule has 1 fully saturated rings. The number of aliphatic hydroxyl groups is 1. The van der Waals surface area contributed by atoms with Gasteiger partial charge >= 0.3 is 6.03 Å². The molecular weight excluding hydrogens is 463 g/mol. The summed E-state index contributed by atoms with van der Waals surface area (Å²) in [5.74, 6) is -0.586. The first-order valence-electron chi connectivity index (χ1n) is 12.6. The fourth-order valence-electron chi connectivity index (χ4n) is 4.83. The van der Waals surface area contributed by atoms with Gasteiger partial charge in [-0.15, -0.1) is 0 Å². The summed E-state index contributed by atoms with van der Waals surface area (Å²) in [4.78, 5) is 34.1. The van der Waals surface area contributed by atoms with E-state index in [4.69, 9.17) is 4.74 Å². The minimum atomic E-state index is -0.422. The topological polar surface area (TPSA) is 95.0 Å². The van der Waals surface area contributed by atoms with Gasteiger partial charge in [0, 0.05) is 37.3 Å². The number of hydrogen-bond donors (Lipinski definition) is 2. The molecule has 3 amide bonds. The van der Waals surface area contributed by atoms with Crippen LogP contribution < -0.4 is 10.1 Å². The number of amides is 3. The van der Waals surface area contributed by atoms with Crippen LogP contribution in [0.3, 0.4) is 0 Å². The van der Waals surface area contributed by atoms with Crippen molar-refractivity contribution in [1.82, 2.24) is 20.1 Å². The second kappa shape index (κ2) is 11.2. The first kappa shape index (κ1) is 25.9. The van der Waals surface area contributed by atoms with Crippen LogP contribution in [0.5, 0.6) is 5.88 Å². The van der Waals surface area contributed by atoms with Crippen molar-refractivity contribution in [3.8, 4) is 17.0 Å². The minimum Gasteiger partial charge on any atom is -0.472 e. The molecule has 3 atom stereocenters. The lowest BCUT2D eigenvalue weighted by Crippen LogP contribution is -2.52. The molecule has 4 rings (SSSR count). The predicted molar refractivity (Wildman–Crippen MR) is 134 cm³/mol. The number of benzene rings is 1. The van der Waals surface area contributed by atoms with Gasteiger partial charge in [-0.3, -0.25) is 4.79 Å². The third kappa shape index (κ3) is 5.78. The fourth-order valence-corrected chi connectivity index (χ4v) is 4.83. The summed E-state index contributed by atoms with van der Waals surface area (Å²) < 4.78 is 19.7. The van der Waals surface area contributed by atoms with Crippen LogP contribution in [0, 0.1) is 11.7 Å². The second-order valence-electron chi connectivity index (χ2n) is 10.0. The smallest absolute Gasteiger partial charge is 0.317 e. The summed E-state index contributed by atoms with van der Waals surface area (Å²) in [6, 6.07) is 7.32. The number of aliphatic hydroxyl groups excluding tert-OH is 1. The highest BCUT2D eigenvalue weighted by molar-refractivity contribution is 5.98. The Hall–Kier alpha value is -3.20. The van der Waals surface area contributed by atoms with Gasteiger partial charge in [0.1, 0.15) is 17.5 Å². The molecule has 2 aliphatic rings. The third-order valence-corrected chi connectivity index (χ3v) is 7.18. The highest BCUT2D eigenvalue weighted by Gasteiger charge is 2.35. The molecule has 0 unspecified atom stereocenters. The maximum absolute atomic E-state index is 13.6. The molecule has 36 heavy (non-hydrogen) atoms. The molecule has 2 N–H and O–H groups in total. The van der Waals surface area contributed by atoms with E-state index in [0.29, 0.717) is 18.7 Å². The van der Waals surface area contributed by atoms with Crippen molar-refractivity contribution >= 4 is 11.9 Å². The van der Waals surface area contributed by atoms with Crippen LogP contribution in [-0.4, -0.2) is 76.8 Å². The molecule has 1 aliphatic carbocycles. The van der Waals surface area contributed by atoms with E-state index in [1.54, 1.807) is 48.2 Å². The number of pyridine rings is 1. The zero-order chi connectivity index (χ0) is 25.8. The number of carbonyl (C=O) groups is 2. The van der Waals surface area contributed by atoms with Gasteiger partial charge in [-0.1, -0.05) is 31.9 Å². The number of hydrogen-bond acceptors (Lipinski definition) is 5. The number of fused-ring (bicyclic) bond motifs is 1. The number of likely N-dealkylation sites (N-methyl/N-ethyl adjacent to an activating group) is 1. The Morgan fingerprint density at radius 1 is 1.28 bits per heavy atom. The molecule has 0 saturated heterocycles. The summed E-state index contributed by atoms with van der Waals surface area (Å²) >= 11 is 0. The van der Waals surface area contributed by atoms with E-state index >= 15 is 0 Å². The summed E-state index contributed by atoms with van der Waals surface area (Å²) in [6.07, 6.45) is 5.44. The van der Waals surface area contributed by atoms with Gasteiger partial charge in [0.2, 0.25) is 5.88 Å². The maximum atomic E-state index is 13.6. The number of rotatable bonds is 6. The number of halogens is 1. The van der Waals surface area contributed by atoms with E-state index in [0.717, 1.165) is 31.2 Å².